The molecule has 0 aliphatic carbocycles. The van der Waals surface area contributed by atoms with E-state index in [1.54, 1.807) is 0 Å². The predicted octanol–water partition coefficient (Wildman–Crippen LogP) is -0.815. The molecule has 92 valence electrons. The van der Waals surface area contributed by atoms with Gasteiger partial charge in [0, 0.05) is 26.2 Å². The van der Waals surface area contributed by atoms with E-state index in [1.165, 1.54) is 0 Å². The lowest BCUT2D eigenvalue weighted by Crippen LogP contribution is -2.63. The van der Waals surface area contributed by atoms with E-state index in [1.807, 2.05) is 13.8 Å². The summed E-state index contributed by atoms with van der Waals surface area (Å²) >= 11 is 0. The van der Waals surface area contributed by atoms with Crippen LogP contribution in [0.15, 0.2) is 0 Å². The minimum Gasteiger partial charge on any atom is -0.377 e. The molecule has 0 bridgehead atoms. The average Bonchev–Trinajstić information content (AvgIpc) is 2.24. The Morgan fingerprint density at radius 1 is 1.38 bits per heavy atom. The molecule has 2 fully saturated rings. The van der Waals surface area contributed by atoms with Gasteiger partial charge in [0.05, 0.1) is 24.8 Å². The third-order valence-electron chi connectivity index (χ3n) is 3.44. The van der Waals surface area contributed by atoms with Crippen LogP contribution in [0.5, 0.6) is 0 Å². The van der Waals surface area contributed by atoms with Crippen molar-refractivity contribution in [3.63, 3.8) is 0 Å². The molecule has 0 atom stereocenters. The molecule has 2 heterocycles. The van der Waals surface area contributed by atoms with E-state index in [2.05, 4.69) is 15.5 Å². The maximum absolute atomic E-state index is 12.1. The second kappa shape index (κ2) is 4.69. The first-order valence-electron chi connectivity index (χ1n) is 5.95. The van der Waals surface area contributed by atoms with Gasteiger partial charge in [-0.3, -0.25) is 9.69 Å². The molecular formula is C11H21N3O2. The molecular weight excluding hydrogens is 206 g/mol. The van der Waals surface area contributed by atoms with Crippen LogP contribution in [-0.2, 0) is 9.53 Å². The van der Waals surface area contributed by atoms with Crippen molar-refractivity contribution in [1.29, 1.82) is 0 Å². The average molecular weight is 227 g/mol. The molecule has 5 heteroatoms. The van der Waals surface area contributed by atoms with Crippen LogP contribution in [0.1, 0.15) is 13.8 Å². The van der Waals surface area contributed by atoms with E-state index < -0.39 is 5.54 Å². The van der Waals surface area contributed by atoms with Crippen LogP contribution >= 0.6 is 0 Å². The first-order valence-corrected chi connectivity index (χ1v) is 5.95. The second-order valence-electron chi connectivity index (χ2n) is 5.00. The van der Waals surface area contributed by atoms with Crippen LogP contribution in [0.2, 0.25) is 0 Å². The van der Waals surface area contributed by atoms with Crippen LogP contribution in [0.4, 0.5) is 0 Å². The van der Waals surface area contributed by atoms with Crippen molar-refractivity contribution in [1.82, 2.24) is 15.5 Å². The molecule has 2 aliphatic rings. The van der Waals surface area contributed by atoms with E-state index in [0.717, 1.165) is 26.2 Å². The van der Waals surface area contributed by atoms with Crippen LogP contribution in [0.25, 0.3) is 0 Å². The third kappa shape index (κ3) is 2.36. The number of rotatable bonds is 3. The van der Waals surface area contributed by atoms with E-state index in [0.29, 0.717) is 13.2 Å². The highest BCUT2D eigenvalue weighted by atomic mass is 16.5. The Hall–Kier alpha value is -0.650. The molecule has 5 nitrogen and oxygen atoms in total. The Morgan fingerprint density at radius 3 is 2.50 bits per heavy atom. The minimum atomic E-state index is -0.419. The summed E-state index contributed by atoms with van der Waals surface area (Å²) < 4.78 is 5.06. The molecule has 0 aromatic rings. The Balaban J connectivity index is 1.90. The number of amides is 1. The summed E-state index contributed by atoms with van der Waals surface area (Å²) in [6, 6.07) is 0.217. The highest BCUT2D eigenvalue weighted by Crippen LogP contribution is 2.16. The first kappa shape index (κ1) is 11.8. The molecule has 0 saturated carbocycles. The summed E-state index contributed by atoms with van der Waals surface area (Å²) in [4.78, 5) is 14.4. The zero-order chi connectivity index (χ0) is 11.6. The molecule has 2 aliphatic heterocycles. The fraction of sp³-hybridized carbons (Fsp3) is 0.909. The summed E-state index contributed by atoms with van der Waals surface area (Å²) in [6.07, 6.45) is 0. The van der Waals surface area contributed by atoms with Crippen LogP contribution in [0.3, 0.4) is 0 Å². The van der Waals surface area contributed by atoms with Crippen molar-refractivity contribution in [3.8, 4) is 0 Å². The van der Waals surface area contributed by atoms with E-state index in [9.17, 15) is 4.79 Å². The molecule has 2 N–H and O–H groups in total. The van der Waals surface area contributed by atoms with Gasteiger partial charge in [0.1, 0.15) is 0 Å². The molecule has 0 radical (unpaired) electrons. The van der Waals surface area contributed by atoms with Gasteiger partial charge in [0.2, 0.25) is 5.91 Å². The minimum absolute atomic E-state index is 0.114. The smallest absolute Gasteiger partial charge is 0.240 e. The maximum atomic E-state index is 12.1. The fourth-order valence-corrected chi connectivity index (χ4v) is 2.05. The number of hydrogen-bond donors (Lipinski definition) is 2. The molecule has 2 rings (SSSR count). The zero-order valence-corrected chi connectivity index (χ0v) is 10.1. The van der Waals surface area contributed by atoms with E-state index in [4.69, 9.17) is 4.74 Å². The highest BCUT2D eigenvalue weighted by molar-refractivity contribution is 5.85. The third-order valence-corrected chi connectivity index (χ3v) is 3.44. The normalized spacial score (nSPS) is 23.9. The molecule has 0 spiro atoms. The van der Waals surface area contributed by atoms with Crippen LogP contribution in [-0.4, -0.2) is 61.8 Å². The van der Waals surface area contributed by atoms with Crippen molar-refractivity contribution >= 4 is 5.91 Å². The topological polar surface area (TPSA) is 53.6 Å². The van der Waals surface area contributed by atoms with Gasteiger partial charge in [-0.2, -0.15) is 0 Å². The van der Waals surface area contributed by atoms with Gasteiger partial charge in [-0.05, 0) is 13.8 Å². The van der Waals surface area contributed by atoms with Gasteiger partial charge in [-0.1, -0.05) is 0 Å². The van der Waals surface area contributed by atoms with Gasteiger partial charge in [-0.15, -0.1) is 0 Å². The second-order valence-corrected chi connectivity index (χ2v) is 5.00. The van der Waals surface area contributed by atoms with E-state index in [-0.39, 0.29) is 11.9 Å². The monoisotopic (exact) mass is 227 g/mol. The Bertz CT molecular complexity index is 258. The summed E-state index contributed by atoms with van der Waals surface area (Å²) in [5.74, 6) is 0.114. The van der Waals surface area contributed by atoms with Crippen LogP contribution < -0.4 is 10.6 Å². The van der Waals surface area contributed by atoms with Crippen molar-refractivity contribution in [2.24, 2.45) is 0 Å². The number of carbonyl (C=O) groups is 1. The Labute approximate surface area is 96.5 Å². The maximum Gasteiger partial charge on any atom is 0.240 e. The Kier molecular flexibility index (Phi) is 3.47. The molecule has 1 amide bonds. The number of nitrogens with one attached hydrogen (secondary N) is 2. The SMILES string of the molecule is CC(C)(C(=O)NC1COC1)N1CCNCC1. The van der Waals surface area contributed by atoms with Crippen LogP contribution in [0, 0.1) is 0 Å². The zero-order valence-electron chi connectivity index (χ0n) is 10.1. The standard InChI is InChI=1S/C11H21N3O2/c1-11(2,14-5-3-12-4-6-14)10(15)13-9-7-16-8-9/h9,12H,3-8H2,1-2H3,(H,13,15). The predicted molar refractivity (Wildman–Crippen MR) is 61.3 cm³/mol. The van der Waals surface area contributed by atoms with Crippen molar-refractivity contribution in [2.75, 3.05) is 39.4 Å². The number of hydrogen-bond acceptors (Lipinski definition) is 4. The number of ether oxygens (including phenoxy) is 1. The summed E-state index contributed by atoms with van der Waals surface area (Å²) in [6.45, 7) is 9.09. The van der Waals surface area contributed by atoms with Gasteiger partial charge < -0.3 is 15.4 Å². The van der Waals surface area contributed by atoms with Crippen molar-refractivity contribution < 1.29 is 9.53 Å². The fourth-order valence-electron chi connectivity index (χ4n) is 2.05. The number of piperazine rings is 1. The van der Waals surface area contributed by atoms with Crippen molar-refractivity contribution in [3.05, 3.63) is 0 Å². The number of carbonyl (C=O) groups excluding carboxylic acids is 1. The Morgan fingerprint density at radius 2 is 2.00 bits per heavy atom. The van der Waals surface area contributed by atoms with Gasteiger partial charge in [-0.25, -0.2) is 0 Å². The quantitative estimate of drug-likeness (QED) is 0.662. The first-order chi connectivity index (χ1) is 7.60. The number of nitrogens with zero attached hydrogens (tertiary/aromatic N) is 1. The van der Waals surface area contributed by atoms with Crippen molar-refractivity contribution in [2.45, 2.75) is 25.4 Å². The lowest BCUT2D eigenvalue weighted by molar-refractivity contribution is -0.136. The largest absolute Gasteiger partial charge is 0.377 e. The van der Waals surface area contributed by atoms with Gasteiger partial charge in [0.25, 0.3) is 0 Å². The van der Waals surface area contributed by atoms with E-state index >= 15 is 0 Å². The molecule has 16 heavy (non-hydrogen) atoms. The molecule has 0 aromatic carbocycles. The van der Waals surface area contributed by atoms with Gasteiger partial charge in [0.15, 0.2) is 0 Å². The molecule has 0 unspecified atom stereocenters. The molecule has 0 aromatic heterocycles. The summed E-state index contributed by atoms with van der Waals surface area (Å²) in [5.41, 5.74) is -0.419. The molecule has 2 saturated heterocycles. The highest BCUT2D eigenvalue weighted by Gasteiger charge is 2.36. The summed E-state index contributed by atoms with van der Waals surface area (Å²) in [5, 5.41) is 6.32. The lowest BCUT2D eigenvalue weighted by atomic mass is 9.99. The lowest BCUT2D eigenvalue weighted by Gasteiger charge is -2.41. The summed E-state index contributed by atoms with van der Waals surface area (Å²) in [7, 11) is 0. The van der Waals surface area contributed by atoms with Gasteiger partial charge >= 0.3 is 0 Å².